The second kappa shape index (κ2) is 7.24. The molecular formula is C15H15ClN2O2S. The Morgan fingerprint density at radius 3 is 2.57 bits per heavy atom. The lowest BCUT2D eigenvalue weighted by molar-refractivity contribution is -0.115. The fourth-order valence-electron chi connectivity index (χ4n) is 1.72. The van der Waals surface area contributed by atoms with Crippen LogP contribution < -0.4 is 11.1 Å². The number of hydrogen-bond donors (Lipinski definition) is 2. The van der Waals surface area contributed by atoms with E-state index in [1.165, 1.54) is 0 Å². The van der Waals surface area contributed by atoms with E-state index in [2.05, 4.69) is 5.32 Å². The van der Waals surface area contributed by atoms with Gasteiger partial charge in [-0.15, -0.1) is 0 Å². The minimum Gasteiger partial charge on any atom is -0.399 e. The fraction of sp³-hybridized carbons (Fsp3) is 0.133. The van der Waals surface area contributed by atoms with Crippen LogP contribution in [-0.4, -0.2) is 15.9 Å². The molecule has 0 spiro atoms. The highest BCUT2D eigenvalue weighted by Gasteiger charge is 2.09. The Morgan fingerprint density at radius 1 is 1.19 bits per heavy atom. The van der Waals surface area contributed by atoms with Gasteiger partial charge in [-0.1, -0.05) is 29.8 Å². The molecule has 21 heavy (non-hydrogen) atoms. The topological polar surface area (TPSA) is 72.2 Å². The number of nitrogens with two attached hydrogens (primary N) is 1. The van der Waals surface area contributed by atoms with E-state index in [9.17, 15) is 9.00 Å². The molecule has 0 heterocycles. The molecule has 0 aromatic heterocycles. The zero-order valence-corrected chi connectivity index (χ0v) is 12.8. The highest BCUT2D eigenvalue weighted by Crippen LogP contribution is 2.24. The van der Waals surface area contributed by atoms with Crippen molar-refractivity contribution in [2.45, 2.75) is 11.3 Å². The number of nitrogen functional groups attached to an aromatic ring is 1. The molecule has 0 radical (unpaired) electrons. The van der Waals surface area contributed by atoms with Crippen LogP contribution in [0.5, 0.6) is 0 Å². The molecule has 0 fully saturated rings. The molecular weight excluding hydrogens is 308 g/mol. The van der Waals surface area contributed by atoms with E-state index in [1.54, 1.807) is 30.3 Å². The zero-order chi connectivity index (χ0) is 15.2. The lowest BCUT2D eigenvalue weighted by atomic mass is 10.3. The maximum absolute atomic E-state index is 12.0. The van der Waals surface area contributed by atoms with Gasteiger partial charge in [-0.3, -0.25) is 9.00 Å². The van der Waals surface area contributed by atoms with Gasteiger partial charge in [0.15, 0.2) is 0 Å². The number of carbonyl (C=O) groups is 1. The molecule has 2 rings (SSSR count). The molecule has 0 aliphatic heterocycles. The van der Waals surface area contributed by atoms with Gasteiger partial charge in [-0.25, -0.2) is 0 Å². The number of hydrogen-bond acceptors (Lipinski definition) is 3. The maximum atomic E-state index is 12.0. The summed E-state index contributed by atoms with van der Waals surface area (Å²) in [6, 6.07) is 13.9. The number of carbonyl (C=O) groups excluding carboxylic acids is 1. The summed E-state index contributed by atoms with van der Waals surface area (Å²) in [4.78, 5) is 12.6. The summed E-state index contributed by atoms with van der Waals surface area (Å²) in [5.41, 5.74) is 6.62. The molecule has 0 saturated carbocycles. The molecule has 3 N–H and O–H groups in total. The second-order valence-electron chi connectivity index (χ2n) is 4.40. The standard InChI is InChI=1S/C15H15ClN2O2S/c16-13-10-11(17)6-7-14(13)18-15(19)8-9-21(20)12-4-2-1-3-5-12/h1-7,10H,8-9,17H2,(H,18,19). The Balaban J connectivity index is 1.89. The van der Waals surface area contributed by atoms with Crippen molar-refractivity contribution in [3.8, 4) is 0 Å². The molecule has 1 atom stereocenters. The second-order valence-corrected chi connectivity index (χ2v) is 6.38. The number of benzene rings is 2. The molecule has 1 unspecified atom stereocenters. The lowest BCUT2D eigenvalue weighted by Gasteiger charge is -2.08. The van der Waals surface area contributed by atoms with Crippen molar-refractivity contribution in [2.75, 3.05) is 16.8 Å². The van der Waals surface area contributed by atoms with E-state index in [4.69, 9.17) is 17.3 Å². The quantitative estimate of drug-likeness (QED) is 0.831. The van der Waals surface area contributed by atoms with Crippen molar-refractivity contribution >= 4 is 39.7 Å². The van der Waals surface area contributed by atoms with Crippen LogP contribution in [0.15, 0.2) is 53.4 Å². The zero-order valence-electron chi connectivity index (χ0n) is 11.2. The van der Waals surface area contributed by atoms with Crippen molar-refractivity contribution in [1.29, 1.82) is 0 Å². The average molecular weight is 323 g/mol. The van der Waals surface area contributed by atoms with Gasteiger partial charge in [-0.05, 0) is 30.3 Å². The van der Waals surface area contributed by atoms with E-state index < -0.39 is 10.8 Å². The van der Waals surface area contributed by atoms with Gasteiger partial charge in [0.25, 0.3) is 0 Å². The first kappa shape index (κ1) is 15.5. The van der Waals surface area contributed by atoms with Crippen LogP contribution in [0.4, 0.5) is 11.4 Å². The first-order valence-corrected chi connectivity index (χ1v) is 8.04. The van der Waals surface area contributed by atoms with Gasteiger partial charge in [0.1, 0.15) is 0 Å². The van der Waals surface area contributed by atoms with E-state index in [0.717, 1.165) is 4.90 Å². The predicted octanol–water partition coefficient (Wildman–Crippen LogP) is 3.06. The number of halogens is 1. The number of nitrogens with one attached hydrogen (secondary N) is 1. The number of amides is 1. The molecule has 4 nitrogen and oxygen atoms in total. The van der Waals surface area contributed by atoms with Crippen LogP contribution >= 0.6 is 11.6 Å². The molecule has 1 amide bonds. The largest absolute Gasteiger partial charge is 0.399 e. The van der Waals surface area contributed by atoms with Gasteiger partial charge in [0.05, 0.1) is 21.5 Å². The summed E-state index contributed by atoms with van der Waals surface area (Å²) < 4.78 is 12.0. The van der Waals surface area contributed by atoms with Gasteiger partial charge in [0, 0.05) is 22.8 Å². The summed E-state index contributed by atoms with van der Waals surface area (Å²) in [5.74, 6) is 0.0357. The van der Waals surface area contributed by atoms with E-state index >= 15 is 0 Å². The smallest absolute Gasteiger partial charge is 0.225 e. The van der Waals surface area contributed by atoms with Crippen molar-refractivity contribution in [3.63, 3.8) is 0 Å². The molecule has 2 aromatic carbocycles. The molecule has 0 aliphatic rings. The fourth-order valence-corrected chi connectivity index (χ4v) is 3.02. The molecule has 0 aliphatic carbocycles. The highest BCUT2D eigenvalue weighted by molar-refractivity contribution is 7.85. The Morgan fingerprint density at radius 2 is 1.90 bits per heavy atom. The molecule has 2 aromatic rings. The summed E-state index contributed by atoms with van der Waals surface area (Å²) >= 11 is 5.98. The van der Waals surface area contributed by atoms with Crippen LogP contribution in [-0.2, 0) is 15.6 Å². The van der Waals surface area contributed by atoms with Gasteiger partial charge in [-0.2, -0.15) is 0 Å². The number of anilines is 2. The average Bonchev–Trinajstić information content (AvgIpc) is 2.48. The minimum atomic E-state index is -1.18. The van der Waals surface area contributed by atoms with Gasteiger partial charge in [0.2, 0.25) is 5.91 Å². The third kappa shape index (κ3) is 4.58. The Hall–Kier alpha value is -1.85. The molecule has 0 bridgehead atoms. The normalized spacial score (nSPS) is 11.9. The Labute approximate surface area is 130 Å². The van der Waals surface area contributed by atoms with Crippen LogP contribution in [0.3, 0.4) is 0 Å². The monoisotopic (exact) mass is 322 g/mol. The molecule has 110 valence electrons. The van der Waals surface area contributed by atoms with Crippen molar-refractivity contribution < 1.29 is 9.00 Å². The van der Waals surface area contributed by atoms with E-state index in [0.29, 0.717) is 16.4 Å². The number of rotatable bonds is 5. The van der Waals surface area contributed by atoms with Crippen molar-refractivity contribution in [2.24, 2.45) is 0 Å². The molecule has 0 saturated heterocycles. The van der Waals surface area contributed by atoms with Crippen LogP contribution in [0, 0.1) is 0 Å². The molecule has 6 heteroatoms. The first-order valence-electron chi connectivity index (χ1n) is 6.34. The third-order valence-corrected chi connectivity index (χ3v) is 4.47. The minimum absolute atomic E-state index is 0.155. The summed E-state index contributed by atoms with van der Waals surface area (Å²) in [6.07, 6.45) is 0.155. The summed E-state index contributed by atoms with van der Waals surface area (Å²) in [6.45, 7) is 0. The Bertz CT molecular complexity index is 662. The van der Waals surface area contributed by atoms with Gasteiger partial charge < -0.3 is 11.1 Å². The maximum Gasteiger partial charge on any atom is 0.225 e. The van der Waals surface area contributed by atoms with E-state index in [-0.39, 0.29) is 18.1 Å². The van der Waals surface area contributed by atoms with E-state index in [1.807, 2.05) is 18.2 Å². The summed E-state index contributed by atoms with van der Waals surface area (Å²) in [5, 5.41) is 3.07. The van der Waals surface area contributed by atoms with Crippen molar-refractivity contribution in [1.82, 2.24) is 0 Å². The Kier molecular flexibility index (Phi) is 5.36. The van der Waals surface area contributed by atoms with Crippen LogP contribution in [0.1, 0.15) is 6.42 Å². The van der Waals surface area contributed by atoms with Crippen molar-refractivity contribution in [3.05, 3.63) is 53.6 Å². The SMILES string of the molecule is Nc1ccc(NC(=O)CCS(=O)c2ccccc2)c(Cl)c1. The lowest BCUT2D eigenvalue weighted by Crippen LogP contribution is -2.15. The third-order valence-electron chi connectivity index (χ3n) is 2.79. The highest BCUT2D eigenvalue weighted by atomic mass is 35.5. The van der Waals surface area contributed by atoms with Crippen LogP contribution in [0.25, 0.3) is 0 Å². The predicted molar refractivity (Wildman–Crippen MR) is 86.8 cm³/mol. The van der Waals surface area contributed by atoms with Gasteiger partial charge >= 0.3 is 0 Å². The first-order chi connectivity index (χ1) is 10.1. The summed E-state index contributed by atoms with van der Waals surface area (Å²) in [7, 11) is -1.18. The van der Waals surface area contributed by atoms with Crippen LogP contribution in [0.2, 0.25) is 5.02 Å².